The molecule has 114 valence electrons. The lowest BCUT2D eigenvalue weighted by Gasteiger charge is -2.12. The normalized spacial score (nSPS) is 15.6. The molecule has 0 saturated heterocycles. The van der Waals surface area contributed by atoms with Gasteiger partial charge in [0, 0.05) is 12.5 Å². The van der Waals surface area contributed by atoms with Crippen LogP contribution in [-0.4, -0.2) is 30.8 Å². The molecule has 0 aliphatic carbocycles. The Hall–Kier alpha value is -2.76. The molecule has 1 aliphatic heterocycles. The van der Waals surface area contributed by atoms with Gasteiger partial charge in [-0.25, -0.2) is 9.78 Å². The monoisotopic (exact) mass is 299 g/mol. The molecule has 1 aliphatic rings. The van der Waals surface area contributed by atoms with E-state index in [4.69, 9.17) is 9.47 Å². The first-order chi connectivity index (χ1) is 10.7. The second-order valence-corrected chi connectivity index (χ2v) is 4.98. The third-order valence-electron chi connectivity index (χ3n) is 3.41. The van der Waals surface area contributed by atoms with E-state index in [1.807, 2.05) is 24.3 Å². The highest BCUT2D eigenvalue weighted by atomic mass is 16.5. The standard InChI is InChI=1S/C16H17N3O3/c1-21-15-7-6-12(9-17-15)19-16(20)18-10-13-8-11-4-2-3-5-14(11)22-13/h2-7,9,13H,8,10H2,1H3,(H2,18,19,20). The van der Waals surface area contributed by atoms with E-state index in [2.05, 4.69) is 15.6 Å². The number of pyridine rings is 1. The molecule has 0 spiro atoms. The molecular formula is C16H17N3O3. The third kappa shape index (κ3) is 3.28. The second-order valence-electron chi connectivity index (χ2n) is 4.98. The summed E-state index contributed by atoms with van der Waals surface area (Å²) in [5.74, 6) is 1.40. The van der Waals surface area contributed by atoms with Crippen LogP contribution in [0.25, 0.3) is 0 Å². The summed E-state index contributed by atoms with van der Waals surface area (Å²) in [5, 5.41) is 5.52. The van der Waals surface area contributed by atoms with Crippen molar-refractivity contribution in [3.05, 3.63) is 48.2 Å². The van der Waals surface area contributed by atoms with Crippen LogP contribution >= 0.6 is 0 Å². The summed E-state index contributed by atoms with van der Waals surface area (Å²) in [6.07, 6.45) is 2.32. The van der Waals surface area contributed by atoms with Gasteiger partial charge in [0.05, 0.1) is 25.5 Å². The van der Waals surface area contributed by atoms with E-state index >= 15 is 0 Å². The minimum atomic E-state index is -0.286. The van der Waals surface area contributed by atoms with Gasteiger partial charge in [-0.3, -0.25) is 0 Å². The fraction of sp³-hybridized carbons (Fsp3) is 0.250. The summed E-state index contributed by atoms with van der Waals surface area (Å²) in [5.41, 5.74) is 1.78. The second kappa shape index (κ2) is 6.34. The molecule has 0 fully saturated rings. The Bertz CT molecular complexity index is 633. The number of fused-ring (bicyclic) bond motifs is 1. The summed E-state index contributed by atoms with van der Waals surface area (Å²) in [4.78, 5) is 15.9. The number of rotatable bonds is 4. The quantitative estimate of drug-likeness (QED) is 0.908. The largest absolute Gasteiger partial charge is 0.488 e. The molecule has 6 heteroatoms. The number of ether oxygens (including phenoxy) is 2. The molecule has 3 rings (SSSR count). The molecule has 2 N–H and O–H groups in total. The van der Waals surface area contributed by atoms with Crippen LogP contribution < -0.4 is 20.1 Å². The van der Waals surface area contributed by atoms with Gasteiger partial charge in [0.1, 0.15) is 11.9 Å². The van der Waals surface area contributed by atoms with Crippen LogP contribution in [0.1, 0.15) is 5.56 Å². The minimum absolute atomic E-state index is 0.0304. The van der Waals surface area contributed by atoms with E-state index in [0.717, 1.165) is 12.2 Å². The topological polar surface area (TPSA) is 72.5 Å². The van der Waals surface area contributed by atoms with E-state index in [1.165, 1.54) is 5.56 Å². The van der Waals surface area contributed by atoms with Gasteiger partial charge >= 0.3 is 6.03 Å². The number of hydrogen-bond acceptors (Lipinski definition) is 4. The summed E-state index contributed by atoms with van der Waals surface area (Å²) in [6, 6.07) is 11.0. The van der Waals surface area contributed by atoms with E-state index in [-0.39, 0.29) is 12.1 Å². The van der Waals surface area contributed by atoms with Crippen molar-refractivity contribution < 1.29 is 14.3 Å². The van der Waals surface area contributed by atoms with E-state index in [1.54, 1.807) is 25.4 Å². The third-order valence-corrected chi connectivity index (χ3v) is 3.41. The molecule has 2 aromatic rings. The number of amides is 2. The average Bonchev–Trinajstić information content (AvgIpc) is 2.96. The van der Waals surface area contributed by atoms with Crippen molar-refractivity contribution in [2.75, 3.05) is 19.0 Å². The SMILES string of the molecule is COc1ccc(NC(=O)NCC2Cc3ccccc3O2)cn1. The van der Waals surface area contributed by atoms with E-state index < -0.39 is 0 Å². The van der Waals surface area contributed by atoms with Gasteiger partial charge in [-0.1, -0.05) is 18.2 Å². The zero-order valence-electron chi connectivity index (χ0n) is 12.2. The first-order valence-corrected chi connectivity index (χ1v) is 7.04. The first kappa shape index (κ1) is 14.2. The molecule has 6 nitrogen and oxygen atoms in total. The van der Waals surface area contributed by atoms with Gasteiger partial charge in [0.2, 0.25) is 5.88 Å². The van der Waals surface area contributed by atoms with Gasteiger partial charge in [-0.15, -0.1) is 0 Å². The van der Waals surface area contributed by atoms with Crippen molar-refractivity contribution in [2.24, 2.45) is 0 Å². The van der Waals surface area contributed by atoms with Crippen molar-refractivity contribution >= 4 is 11.7 Å². The molecule has 0 saturated carbocycles. The van der Waals surface area contributed by atoms with Crippen molar-refractivity contribution in [1.29, 1.82) is 0 Å². The first-order valence-electron chi connectivity index (χ1n) is 7.04. The predicted molar refractivity (Wildman–Crippen MR) is 82.4 cm³/mol. The highest BCUT2D eigenvalue weighted by Gasteiger charge is 2.22. The molecule has 0 bridgehead atoms. The summed E-state index contributed by atoms with van der Waals surface area (Å²) >= 11 is 0. The lowest BCUT2D eigenvalue weighted by atomic mass is 10.1. The molecule has 1 atom stereocenters. The maximum atomic E-state index is 11.9. The number of nitrogens with one attached hydrogen (secondary N) is 2. The fourth-order valence-electron chi connectivity index (χ4n) is 2.32. The highest BCUT2D eigenvalue weighted by molar-refractivity contribution is 5.89. The number of benzene rings is 1. The van der Waals surface area contributed by atoms with Crippen molar-refractivity contribution in [2.45, 2.75) is 12.5 Å². The van der Waals surface area contributed by atoms with Gasteiger partial charge in [-0.2, -0.15) is 0 Å². The maximum Gasteiger partial charge on any atom is 0.319 e. The molecule has 2 heterocycles. The van der Waals surface area contributed by atoms with Gasteiger partial charge in [0.25, 0.3) is 0 Å². The Morgan fingerprint density at radius 1 is 1.36 bits per heavy atom. The Morgan fingerprint density at radius 3 is 2.95 bits per heavy atom. The number of aromatic nitrogens is 1. The van der Waals surface area contributed by atoms with Crippen LogP contribution in [0.15, 0.2) is 42.6 Å². The number of hydrogen-bond donors (Lipinski definition) is 2. The van der Waals surface area contributed by atoms with Gasteiger partial charge < -0.3 is 20.1 Å². The number of methoxy groups -OCH3 is 1. The van der Waals surface area contributed by atoms with E-state index in [0.29, 0.717) is 18.1 Å². The van der Waals surface area contributed by atoms with E-state index in [9.17, 15) is 4.79 Å². The number of anilines is 1. The summed E-state index contributed by atoms with van der Waals surface area (Å²) in [6.45, 7) is 0.449. The molecule has 0 radical (unpaired) electrons. The molecule has 1 aromatic heterocycles. The smallest absolute Gasteiger partial charge is 0.319 e. The fourth-order valence-corrected chi connectivity index (χ4v) is 2.32. The van der Waals surface area contributed by atoms with Crippen molar-refractivity contribution in [3.8, 4) is 11.6 Å². The van der Waals surface area contributed by atoms with Gasteiger partial charge in [-0.05, 0) is 17.7 Å². The molecular weight excluding hydrogens is 282 g/mol. The van der Waals surface area contributed by atoms with Crippen LogP contribution in [0.4, 0.5) is 10.5 Å². The summed E-state index contributed by atoms with van der Waals surface area (Å²) in [7, 11) is 1.54. The Morgan fingerprint density at radius 2 is 2.23 bits per heavy atom. The van der Waals surface area contributed by atoms with Gasteiger partial charge in [0.15, 0.2) is 0 Å². The lowest BCUT2D eigenvalue weighted by molar-refractivity contribution is 0.219. The maximum absolute atomic E-state index is 11.9. The molecule has 1 unspecified atom stereocenters. The minimum Gasteiger partial charge on any atom is -0.488 e. The zero-order valence-corrected chi connectivity index (χ0v) is 12.2. The number of carbonyl (C=O) groups excluding carboxylic acids is 1. The Labute approximate surface area is 128 Å². The number of para-hydroxylation sites is 1. The van der Waals surface area contributed by atoms with Crippen LogP contribution in [0.3, 0.4) is 0 Å². The predicted octanol–water partition coefficient (Wildman–Crippen LogP) is 2.22. The average molecular weight is 299 g/mol. The van der Waals surface area contributed by atoms with Crippen LogP contribution in [0, 0.1) is 0 Å². The van der Waals surface area contributed by atoms with Crippen molar-refractivity contribution in [3.63, 3.8) is 0 Å². The van der Waals surface area contributed by atoms with Crippen LogP contribution in [0.2, 0.25) is 0 Å². The molecule has 22 heavy (non-hydrogen) atoms. The number of nitrogens with zero attached hydrogens (tertiary/aromatic N) is 1. The van der Waals surface area contributed by atoms with Crippen molar-refractivity contribution in [1.82, 2.24) is 10.3 Å². The Kier molecular flexibility index (Phi) is 4.09. The van der Waals surface area contributed by atoms with Crippen LogP contribution in [-0.2, 0) is 6.42 Å². The number of urea groups is 1. The Balaban J connectivity index is 1.47. The molecule has 1 aromatic carbocycles. The highest BCUT2D eigenvalue weighted by Crippen LogP contribution is 2.27. The number of carbonyl (C=O) groups is 1. The molecule has 2 amide bonds. The van der Waals surface area contributed by atoms with Crippen LogP contribution in [0.5, 0.6) is 11.6 Å². The summed E-state index contributed by atoms with van der Waals surface area (Å²) < 4.78 is 10.7. The lowest BCUT2D eigenvalue weighted by Crippen LogP contribution is -2.37. The zero-order chi connectivity index (χ0) is 15.4.